The maximum Gasteiger partial charge on any atom is 0.255 e. The summed E-state index contributed by atoms with van der Waals surface area (Å²) in [5, 5.41) is 16.3. The predicted molar refractivity (Wildman–Crippen MR) is 112 cm³/mol. The molecule has 1 N–H and O–H groups in total. The number of amides is 1. The maximum atomic E-state index is 12.7. The fraction of sp³-hybridized carbons (Fsp3) is 0.143. The van der Waals surface area contributed by atoms with E-state index in [0.29, 0.717) is 33.6 Å². The van der Waals surface area contributed by atoms with Gasteiger partial charge in [-0.3, -0.25) is 4.79 Å². The van der Waals surface area contributed by atoms with Crippen LogP contribution in [-0.2, 0) is 6.54 Å². The van der Waals surface area contributed by atoms with Gasteiger partial charge in [-0.25, -0.2) is 0 Å². The predicted octanol–water partition coefficient (Wildman–Crippen LogP) is 3.39. The summed E-state index contributed by atoms with van der Waals surface area (Å²) in [5.41, 5.74) is 2.62. The molecule has 0 spiro atoms. The van der Waals surface area contributed by atoms with Gasteiger partial charge < -0.3 is 14.8 Å². The lowest BCUT2D eigenvalue weighted by Crippen LogP contribution is -2.24. The Morgan fingerprint density at radius 3 is 2.57 bits per heavy atom. The van der Waals surface area contributed by atoms with Crippen molar-refractivity contribution in [2.24, 2.45) is 0 Å². The van der Waals surface area contributed by atoms with Crippen molar-refractivity contribution in [2.45, 2.75) is 6.54 Å². The number of nitrogens with one attached hydrogen (secondary N) is 1. The molecule has 0 aliphatic rings. The van der Waals surface area contributed by atoms with Gasteiger partial charge in [-0.05, 0) is 36.4 Å². The van der Waals surface area contributed by atoms with E-state index in [1.807, 2.05) is 24.3 Å². The number of halogens is 1. The third kappa shape index (κ3) is 3.90. The minimum absolute atomic E-state index is 0.145. The summed E-state index contributed by atoms with van der Waals surface area (Å²) in [7, 11) is 3.05. The molecule has 0 atom stereocenters. The molecule has 1 amide bonds. The Bertz CT molecular complexity index is 1210. The van der Waals surface area contributed by atoms with Gasteiger partial charge in [-0.2, -0.15) is 9.61 Å². The van der Waals surface area contributed by atoms with Crippen molar-refractivity contribution in [2.75, 3.05) is 14.2 Å². The average molecular weight is 424 g/mol. The lowest BCUT2D eigenvalue weighted by atomic mass is 10.1. The molecule has 8 nitrogen and oxygen atoms in total. The largest absolute Gasteiger partial charge is 0.497 e. The van der Waals surface area contributed by atoms with E-state index in [-0.39, 0.29) is 12.5 Å². The number of hydrogen-bond acceptors (Lipinski definition) is 6. The Morgan fingerprint density at radius 1 is 1.03 bits per heavy atom. The average Bonchev–Trinajstić information content (AvgIpc) is 3.19. The van der Waals surface area contributed by atoms with Gasteiger partial charge in [-0.1, -0.05) is 23.7 Å². The van der Waals surface area contributed by atoms with Crippen LogP contribution in [0.2, 0.25) is 5.02 Å². The Morgan fingerprint density at radius 2 is 1.83 bits per heavy atom. The highest BCUT2D eigenvalue weighted by atomic mass is 35.5. The van der Waals surface area contributed by atoms with Crippen molar-refractivity contribution >= 4 is 23.2 Å². The van der Waals surface area contributed by atoms with Crippen molar-refractivity contribution in [3.8, 4) is 22.8 Å². The van der Waals surface area contributed by atoms with Crippen molar-refractivity contribution in [1.82, 2.24) is 25.1 Å². The summed E-state index contributed by atoms with van der Waals surface area (Å²) in [6.07, 6.45) is 0. The summed E-state index contributed by atoms with van der Waals surface area (Å²) >= 11 is 5.96. The molecule has 0 saturated carbocycles. The number of benzene rings is 2. The first kappa shape index (κ1) is 19.7. The van der Waals surface area contributed by atoms with Gasteiger partial charge >= 0.3 is 0 Å². The van der Waals surface area contributed by atoms with Crippen LogP contribution in [0.25, 0.3) is 16.9 Å². The van der Waals surface area contributed by atoms with Gasteiger partial charge in [0, 0.05) is 16.7 Å². The van der Waals surface area contributed by atoms with E-state index in [2.05, 4.69) is 20.6 Å². The van der Waals surface area contributed by atoms with Gasteiger partial charge in [0.2, 0.25) is 0 Å². The van der Waals surface area contributed by atoms with Gasteiger partial charge in [0.15, 0.2) is 11.5 Å². The molecule has 0 saturated heterocycles. The first-order valence-electron chi connectivity index (χ1n) is 9.06. The minimum atomic E-state index is -0.305. The number of hydrogen-bond donors (Lipinski definition) is 1. The highest BCUT2D eigenvalue weighted by Gasteiger charge is 2.15. The number of carbonyl (C=O) groups is 1. The second-order valence-corrected chi connectivity index (χ2v) is 6.80. The quantitative estimate of drug-likeness (QED) is 0.511. The molecule has 30 heavy (non-hydrogen) atoms. The Hall–Kier alpha value is -3.65. The maximum absolute atomic E-state index is 12.7. The molecule has 4 rings (SSSR count). The van der Waals surface area contributed by atoms with Crippen LogP contribution >= 0.6 is 11.6 Å². The zero-order valence-electron chi connectivity index (χ0n) is 16.3. The van der Waals surface area contributed by atoms with Crippen LogP contribution < -0.4 is 14.8 Å². The van der Waals surface area contributed by atoms with E-state index in [1.165, 1.54) is 7.11 Å². The van der Waals surface area contributed by atoms with Crippen LogP contribution in [0.5, 0.6) is 11.5 Å². The van der Waals surface area contributed by atoms with Gasteiger partial charge in [0.25, 0.3) is 5.91 Å². The van der Waals surface area contributed by atoms with E-state index in [4.69, 9.17) is 21.1 Å². The zero-order chi connectivity index (χ0) is 21.1. The first-order chi connectivity index (χ1) is 14.6. The highest BCUT2D eigenvalue weighted by Crippen LogP contribution is 2.24. The molecule has 9 heteroatoms. The summed E-state index contributed by atoms with van der Waals surface area (Å²) < 4.78 is 12.1. The molecule has 0 aliphatic heterocycles. The smallest absolute Gasteiger partial charge is 0.255 e. The fourth-order valence-electron chi connectivity index (χ4n) is 2.96. The molecule has 0 fully saturated rings. The number of methoxy groups -OCH3 is 2. The van der Waals surface area contributed by atoms with Crippen molar-refractivity contribution in [3.05, 3.63) is 71.0 Å². The monoisotopic (exact) mass is 423 g/mol. The molecule has 0 unspecified atom stereocenters. The fourth-order valence-corrected chi connectivity index (χ4v) is 3.08. The van der Waals surface area contributed by atoms with Crippen LogP contribution in [0.3, 0.4) is 0 Å². The van der Waals surface area contributed by atoms with E-state index < -0.39 is 0 Å². The van der Waals surface area contributed by atoms with Crippen LogP contribution in [0.1, 0.15) is 16.2 Å². The summed E-state index contributed by atoms with van der Waals surface area (Å²) in [6.45, 7) is 0.145. The highest BCUT2D eigenvalue weighted by molar-refractivity contribution is 6.30. The summed E-state index contributed by atoms with van der Waals surface area (Å²) in [6, 6.07) is 16.1. The van der Waals surface area contributed by atoms with Gasteiger partial charge in [-0.15, -0.1) is 10.2 Å². The summed E-state index contributed by atoms with van der Waals surface area (Å²) in [4.78, 5) is 12.7. The number of rotatable bonds is 6. The number of ether oxygens (including phenoxy) is 2. The van der Waals surface area contributed by atoms with Gasteiger partial charge in [0.05, 0.1) is 32.0 Å². The third-order valence-electron chi connectivity index (χ3n) is 4.53. The molecule has 0 radical (unpaired) electrons. The molecule has 2 aromatic heterocycles. The Labute approximate surface area is 177 Å². The van der Waals surface area contributed by atoms with E-state index in [9.17, 15) is 4.79 Å². The van der Waals surface area contributed by atoms with Crippen LogP contribution in [0.15, 0.2) is 54.6 Å². The van der Waals surface area contributed by atoms with E-state index in [1.54, 1.807) is 42.0 Å². The number of carbonyl (C=O) groups excluding carboxylic acids is 1. The normalized spacial score (nSPS) is 10.8. The molecule has 2 aromatic carbocycles. The third-order valence-corrected chi connectivity index (χ3v) is 4.78. The number of fused-ring (bicyclic) bond motifs is 1. The zero-order valence-corrected chi connectivity index (χ0v) is 17.1. The number of nitrogens with zero attached hydrogens (tertiary/aromatic N) is 4. The van der Waals surface area contributed by atoms with Crippen LogP contribution in [-0.4, -0.2) is 39.9 Å². The van der Waals surface area contributed by atoms with Crippen LogP contribution in [0, 0.1) is 0 Å². The van der Waals surface area contributed by atoms with E-state index >= 15 is 0 Å². The topological polar surface area (TPSA) is 90.6 Å². The lowest BCUT2D eigenvalue weighted by Gasteiger charge is -2.10. The molecule has 0 bridgehead atoms. The standard InChI is InChI=1S/C21H18ClN5O3/c1-29-15-7-8-16(18(11-15)30-2)21(28)23-12-20-25-24-19-10-9-17(26-27(19)20)13-3-5-14(22)6-4-13/h3-11H,12H2,1-2H3,(H,23,28). The van der Waals surface area contributed by atoms with Crippen LogP contribution in [0.4, 0.5) is 0 Å². The summed E-state index contributed by atoms with van der Waals surface area (Å²) in [5.74, 6) is 1.22. The number of aromatic nitrogens is 4. The first-order valence-corrected chi connectivity index (χ1v) is 9.44. The molecule has 0 aliphatic carbocycles. The molecule has 152 valence electrons. The lowest BCUT2D eigenvalue weighted by molar-refractivity contribution is 0.0946. The second-order valence-electron chi connectivity index (χ2n) is 6.36. The molecular formula is C21H18ClN5O3. The minimum Gasteiger partial charge on any atom is -0.497 e. The van der Waals surface area contributed by atoms with Crippen molar-refractivity contribution in [1.29, 1.82) is 0 Å². The van der Waals surface area contributed by atoms with Gasteiger partial charge in [0.1, 0.15) is 11.5 Å². The molecular weight excluding hydrogens is 406 g/mol. The van der Waals surface area contributed by atoms with Crippen molar-refractivity contribution in [3.63, 3.8) is 0 Å². The second kappa shape index (κ2) is 8.38. The SMILES string of the molecule is COc1ccc(C(=O)NCc2nnc3ccc(-c4ccc(Cl)cc4)nn23)c(OC)c1. The Balaban J connectivity index is 1.56. The Kier molecular flexibility index (Phi) is 5.49. The van der Waals surface area contributed by atoms with Crippen molar-refractivity contribution < 1.29 is 14.3 Å². The van der Waals surface area contributed by atoms with E-state index in [0.717, 1.165) is 11.3 Å². The molecule has 4 aromatic rings. The molecule has 2 heterocycles.